The van der Waals surface area contributed by atoms with Gasteiger partial charge in [0.05, 0.1) is 28.8 Å². The predicted molar refractivity (Wildman–Crippen MR) is 150 cm³/mol. The first kappa shape index (κ1) is 27.1. The summed E-state index contributed by atoms with van der Waals surface area (Å²) >= 11 is 0. The molecule has 0 atom stereocenters. The Labute approximate surface area is 224 Å². The summed E-state index contributed by atoms with van der Waals surface area (Å²) in [5, 5.41) is 0. The maximum atomic E-state index is 12.8. The zero-order valence-corrected chi connectivity index (χ0v) is 22.9. The lowest BCUT2D eigenvalue weighted by Crippen LogP contribution is -2.24. The quantitative estimate of drug-likeness (QED) is 0.221. The van der Waals surface area contributed by atoms with Crippen molar-refractivity contribution in [1.82, 2.24) is 9.55 Å². The molecule has 6 nitrogen and oxygen atoms in total. The van der Waals surface area contributed by atoms with Gasteiger partial charge in [0.25, 0.3) is 0 Å². The van der Waals surface area contributed by atoms with E-state index in [4.69, 9.17) is 14.5 Å². The number of fused-ring (bicyclic) bond motifs is 1. The second-order valence-electron chi connectivity index (χ2n) is 10.4. The molecule has 4 aromatic rings. The van der Waals surface area contributed by atoms with Crippen molar-refractivity contribution in [2.24, 2.45) is 0 Å². The van der Waals surface area contributed by atoms with Gasteiger partial charge in [-0.25, -0.2) is 14.6 Å². The highest BCUT2D eigenvalue weighted by Crippen LogP contribution is 2.27. The van der Waals surface area contributed by atoms with Gasteiger partial charge >= 0.3 is 11.9 Å². The number of benzene rings is 3. The number of carbonyl (C=O) groups excluding carboxylic acids is 2. The largest absolute Gasteiger partial charge is 0.462 e. The van der Waals surface area contributed by atoms with E-state index in [-0.39, 0.29) is 11.9 Å². The molecule has 0 aliphatic carbocycles. The van der Waals surface area contributed by atoms with E-state index in [1.54, 1.807) is 19.1 Å². The van der Waals surface area contributed by atoms with E-state index in [2.05, 4.69) is 23.6 Å². The molecule has 0 aliphatic heterocycles. The minimum atomic E-state index is -0.565. The van der Waals surface area contributed by atoms with Crippen LogP contribution in [-0.2, 0) is 22.4 Å². The van der Waals surface area contributed by atoms with Crippen LogP contribution in [0.2, 0.25) is 0 Å². The monoisotopic (exact) mass is 512 g/mol. The molecule has 3 aromatic carbocycles. The number of nitrogens with zero attached hydrogens (tertiary/aromatic N) is 2. The molecule has 6 heteroatoms. The van der Waals surface area contributed by atoms with E-state index in [9.17, 15) is 9.59 Å². The van der Waals surface area contributed by atoms with Gasteiger partial charge < -0.3 is 14.0 Å². The van der Waals surface area contributed by atoms with Crippen LogP contribution in [0.1, 0.15) is 79.6 Å². The molecule has 0 fully saturated rings. The molecule has 0 saturated heterocycles. The molecule has 4 rings (SSSR count). The van der Waals surface area contributed by atoms with Crippen molar-refractivity contribution in [3.63, 3.8) is 0 Å². The Bertz CT molecular complexity index is 1430. The lowest BCUT2D eigenvalue weighted by atomic mass is 9.98. The molecule has 0 N–H and O–H groups in total. The van der Waals surface area contributed by atoms with Crippen LogP contribution in [-0.4, -0.2) is 33.7 Å². The molecule has 38 heavy (non-hydrogen) atoms. The minimum Gasteiger partial charge on any atom is -0.462 e. The molecule has 0 aliphatic rings. The van der Waals surface area contributed by atoms with Crippen molar-refractivity contribution in [3.8, 4) is 11.1 Å². The second kappa shape index (κ2) is 11.6. The van der Waals surface area contributed by atoms with Gasteiger partial charge in [-0.05, 0) is 75.1 Å². The van der Waals surface area contributed by atoms with Gasteiger partial charge in [0.2, 0.25) is 0 Å². The summed E-state index contributed by atoms with van der Waals surface area (Å²) in [6.45, 7) is 10.5. The number of aromatic nitrogens is 2. The van der Waals surface area contributed by atoms with Crippen LogP contribution in [0.25, 0.3) is 22.2 Å². The van der Waals surface area contributed by atoms with Crippen molar-refractivity contribution in [3.05, 3.63) is 89.2 Å². The highest BCUT2D eigenvalue weighted by molar-refractivity contribution is 5.97. The lowest BCUT2D eigenvalue weighted by Gasteiger charge is -2.20. The SMILES string of the molecule is CCCCc1nc2ccc(C(=O)OCC)cc2n1Cc1ccc(-c2ccccc2C(=O)OC(C)(C)C)cc1. The molecular formula is C32H36N2O4. The molecule has 0 unspecified atom stereocenters. The van der Waals surface area contributed by atoms with Crippen molar-refractivity contribution in [2.75, 3.05) is 6.61 Å². The standard InChI is InChI=1S/C32H36N2O4/c1-6-8-13-29-33-27-19-18-24(30(35)37-7-2)20-28(27)34(29)21-22-14-16-23(17-15-22)25-11-9-10-12-26(25)31(36)38-32(3,4)5/h9-12,14-20H,6-8,13,21H2,1-5H3. The van der Waals surface area contributed by atoms with Gasteiger partial charge in [-0.1, -0.05) is 55.8 Å². The second-order valence-corrected chi connectivity index (χ2v) is 10.4. The van der Waals surface area contributed by atoms with Crippen LogP contribution in [0.3, 0.4) is 0 Å². The van der Waals surface area contributed by atoms with Gasteiger partial charge in [-0.2, -0.15) is 0 Å². The summed E-state index contributed by atoms with van der Waals surface area (Å²) < 4.78 is 13.0. The Morgan fingerprint density at radius 2 is 1.66 bits per heavy atom. The third-order valence-electron chi connectivity index (χ3n) is 6.24. The van der Waals surface area contributed by atoms with Crippen molar-refractivity contribution >= 4 is 23.0 Å². The fraction of sp³-hybridized carbons (Fsp3) is 0.344. The maximum absolute atomic E-state index is 12.8. The zero-order chi connectivity index (χ0) is 27.3. The molecule has 0 saturated carbocycles. The topological polar surface area (TPSA) is 70.4 Å². The average Bonchev–Trinajstić information content (AvgIpc) is 3.23. The number of aryl methyl sites for hydroxylation is 1. The average molecular weight is 513 g/mol. The lowest BCUT2D eigenvalue weighted by molar-refractivity contribution is 0.00702. The van der Waals surface area contributed by atoms with E-state index in [0.29, 0.717) is 24.3 Å². The fourth-order valence-electron chi connectivity index (χ4n) is 4.43. The number of imidazole rings is 1. The summed E-state index contributed by atoms with van der Waals surface area (Å²) in [4.78, 5) is 30.1. The molecule has 0 amide bonds. The summed E-state index contributed by atoms with van der Waals surface area (Å²) in [7, 11) is 0. The normalized spacial score (nSPS) is 11.5. The molecule has 198 valence electrons. The predicted octanol–water partition coefficient (Wildman–Crippen LogP) is 7.23. The molecule has 0 bridgehead atoms. The summed E-state index contributed by atoms with van der Waals surface area (Å²) in [6.07, 6.45) is 2.97. The third-order valence-corrected chi connectivity index (χ3v) is 6.24. The first-order valence-corrected chi connectivity index (χ1v) is 13.3. The van der Waals surface area contributed by atoms with Crippen LogP contribution < -0.4 is 0 Å². The van der Waals surface area contributed by atoms with Crippen LogP contribution in [0.4, 0.5) is 0 Å². The molecule has 1 aromatic heterocycles. The van der Waals surface area contributed by atoms with Crippen LogP contribution >= 0.6 is 0 Å². The van der Waals surface area contributed by atoms with Crippen molar-refractivity contribution in [1.29, 1.82) is 0 Å². The fourth-order valence-corrected chi connectivity index (χ4v) is 4.43. The highest BCUT2D eigenvalue weighted by atomic mass is 16.6. The summed E-state index contributed by atoms with van der Waals surface area (Å²) in [6, 6.07) is 21.3. The third kappa shape index (κ3) is 6.31. The smallest absolute Gasteiger partial charge is 0.339 e. The number of carbonyl (C=O) groups is 2. The Balaban J connectivity index is 1.66. The van der Waals surface area contributed by atoms with Gasteiger partial charge in [0.1, 0.15) is 11.4 Å². The molecule has 0 spiro atoms. The van der Waals surface area contributed by atoms with Crippen LogP contribution in [0.5, 0.6) is 0 Å². The van der Waals surface area contributed by atoms with Gasteiger partial charge in [0.15, 0.2) is 0 Å². The minimum absolute atomic E-state index is 0.328. The van der Waals surface area contributed by atoms with Crippen LogP contribution in [0, 0.1) is 0 Å². The number of hydrogen-bond donors (Lipinski definition) is 0. The first-order chi connectivity index (χ1) is 18.2. The highest BCUT2D eigenvalue weighted by Gasteiger charge is 2.21. The Hall–Kier alpha value is -3.93. The number of rotatable bonds is 9. The molecule has 1 heterocycles. The van der Waals surface area contributed by atoms with Crippen molar-refractivity contribution in [2.45, 2.75) is 66.0 Å². The van der Waals surface area contributed by atoms with Crippen LogP contribution in [0.15, 0.2) is 66.7 Å². The maximum Gasteiger partial charge on any atom is 0.339 e. The number of unbranched alkanes of at least 4 members (excludes halogenated alkanes) is 1. The van der Waals surface area contributed by atoms with Crippen molar-refractivity contribution < 1.29 is 19.1 Å². The zero-order valence-electron chi connectivity index (χ0n) is 22.9. The van der Waals surface area contributed by atoms with E-state index >= 15 is 0 Å². The Kier molecular flexibility index (Phi) is 8.30. The van der Waals surface area contributed by atoms with E-state index in [1.165, 1.54) is 0 Å². The molecule has 0 radical (unpaired) electrons. The summed E-state index contributed by atoms with van der Waals surface area (Å²) in [5.41, 5.74) is 5.17. The Morgan fingerprint density at radius 1 is 0.921 bits per heavy atom. The number of ether oxygens (including phenoxy) is 2. The number of hydrogen-bond acceptors (Lipinski definition) is 5. The summed E-state index contributed by atoms with van der Waals surface area (Å²) in [5.74, 6) is 0.340. The van der Waals surface area contributed by atoms with Gasteiger partial charge in [-0.3, -0.25) is 0 Å². The van der Waals surface area contributed by atoms with E-state index in [0.717, 1.165) is 52.8 Å². The van der Waals surface area contributed by atoms with E-state index in [1.807, 2.05) is 63.2 Å². The first-order valence-electron chi connectivity index (χ1n) is 13.3. The van der Waals surface area contributed by atoms with E-state index < -0.39 is 5.60 Å². The Morgan fingerprint density at radius 3 is 2.34 bits per heavy atom. The van der Waals surface area contributed by atoms with Gasteiger partial charge in [0, 0.05) is 13.0 Å². The number of esters is 2. The molecular weight excluding hydrogens is 476 g/mol. The van der Waals surface area contributed by atoms with Gasteiger partial charge in [-0.15, -0.1) is 0 Å².